The Morgan fingerprint density at radius 3 is 2.67 bits per heavy atom. The number of hydrazone groups is 1. The molecule has 1 aromatic carbocycles. The summed E-state index contributed by atoms with van der Waals surface area (Å²) in [6.07, 6.45) is 5.62. The number of rotatable bonds is 7. The molecule has 0 fully saturated rings. The predicted molar refractivity (Wildman–Crippen MR) is 142 cm³/mol. The minimum absolute atomic E-state index is 0.175. The average Bonchev–Trinajstić information content (AvgIpc) is 3.44. The summed E-state index contributed by atoms with van der Waals surface area (Å²) in [4.78, 5) is 13.6. The Labute approximate surface area is 210 Å². The molecule has 1 atom stereocenters. The number of aromatic nitrogens is 4. The quantitative estimate of drug-likeness (QED) is 0.404. The number of imidazole rings is 1. The second-order valence-electron chi connectivity index (χ2n) is 9.83. The third-order valence-electron chi connectivity index (χ3n) is 6.36. The zero-order chi connectivity index (χ0) is 25.4. The standard InChI is InChI=1S/C27H31N7O2/c1-17-28-14-24(33(17)4)22-8-9-23(26(32-22)36-5)31-25-11-20-10-18(6-7-19(20)12-29-25)21-13-30-34(15-21)16-27(2,3)35/h6-14,21,35H,15-16H2,1-5H3,(H,29,31). The molecule has 9 nitrogen and oxygen atoms in total. The molecule has 0 spiro atoms. The molecule has 186 valence electrons. The van der Waals surface area contributed by atoms with Gasteiger partial charge in [-0.25, -0.2) is 15.0 Å². The van der Waals surface area contributed by atoms with Gasteiger partial charge in [-0.05, 0) is 49.9 Å². The van der Waals surface area contributed by atoms with Gasteiger partial charge in [0.05, 0.1) is 36.8 Å². The van der Waals surface area contributed by atoms with E-state index in [9.17, 15) is 5.11 Å². The average molecular weight is 486 g/mol. The highest BCUT2D eigenvalue weighted by Crippen LogP contribution is 2.31. The highest BCUT2D eigenvalue weighted by Gasteiger charge is 2.24. The van der Waals surface area contributed by atoms with Crippen LogP contribution in [0, 0.1) is 6.92 Å². The van der Waals surface area contributed by atoms with Gasteiger partial charge in [0.1, 0.15) is 17.3 Å². The molecule has 1 aliphatic heterocycles. The molecule has 5 rings (SSSR count). The van der Waals surface area contributed by atoms with Crippen LogP contribution in [-0.2, 0) is 7.05 Å². The van der Waals surface area contributed by atoms with Crippen LogP contribution in [0.25, 0.3) is 22.2 Å². The molecule has 0 radical (unpaired) electrons. The van der Waals surface area contributed by atoms with Crippen LogP contribution in [-0.4, -0.2) is 61.6 Å². The van der Waals surface area contributed by atoms with E-state index >= 15 is 0 Å². The molecule has 2 N–H and O–H groups in total. The third-order valence-corrected chi connectivity index (χ3v) is 6.36. The predicted octanol–water partition coefficient (Wildman–Crippen LogP) is 4.25. The van der Waals surface area contributed by atoms with Crippen LogP contribution in [0.5, 0.6) is 5.88 Å². The minimum atomic E-state index is -0.785. The van der Waals surface area contributed by atoms with Crippen LogP contribution in [0.2, 0.25) is 0 Å². The lowest BCUT2D eigenvalue weighted by Crippen LogP contribution is -2.35. The fraction of sp³-hybridized carbons (Fsp3) is 0.333. The fourth-order valence-corrected chi connectivity index (χ4v) is 4.41. The molecule has 3 aromatic heterocycles. The van der Waals surface area contributed by atoms with E-state index in [1.165, 1.54) is 5.56 Å². The second-order valence-corrected chi connectivity index (χ2v) is 9.83. The molecule has 0 bridgehead atoms. The number of methoxy groups -OCH3 is 1. The van der Waals surface area contributed by atoms with Crippen molar-refractivity contribution >= 4 is 28.5 Å². The molecule has 1 unspecified atom stereocenters. The zero-order valence-corrected chi connectivity index (χ0v) is 21.2. The second kappa shape index (κ2) is 9.23. The fourth-order valence-electron chi connectivity index (χ4n) is 4.41. The summed E-state index contributed by atoms with van der Waals surface area (Å²) in [6, 6.07) is 12.3. The number of ether oxygens (including phenoxy) is 1. The van der Waals surface area contributed by atoms with Crippen molar-refractivity contribution < 1.29 is 9.84 Å². The van der Waals surface area contributed by atoms with E-state index in [-0.39, 0.29) is 5.92 Å². The molecule has 4 aromatic rings. The number of anilines is 2. The van der Waals surface area contributed by atoms with E-state index in [0.717, 1.165) is 40.2 Å². The van der Waals surface area contributed by atoms with Gasteiger partial charge in [0.2, 0.25) is 5.88 Å². The van der Waals surface area contributed by atoms with Crippen LogP contribution >= 0.6 is 0 Å². The minimum Gasteiger partial charge on any atom is -0.479 e. The largest absolute Gasteiger partial charge is 0.479 e. The van der Waals surface area contributed by atoms with Gasteiger partial charge in [-0.2, -0.15) is 5.10 Å². The number of aliphatic hydroxyl groups is 1. The normalized spacial score (nSPS) is 15.6. The first kappa shape index (κ1) is 23.7. The Hall–Kier alpha value is -3.98. The van der Waals surface area contributed by atoms with Crippen molar-refractivity contribution in [3.63, 3.8) is 0 Å². The zero-order valence-electron chi connectivity index (χ0n) is 21.2. The highest BCUT2D eigenvalue weighted by atomic mass is 16.5. The molecular weight excluding hydrogens is 454 g/mol. The number of pyridine rings is 2. The van der Waals surface area contributed by atoms with Gasteiger partial charge in [-0.1, -0.05) is 18.2 Å². The SMILES string of the molecule is COc1nc(-c2cnc(C)n2C)ccc1Nc1cc2cc(C3C=NN(CC(C)(C)O)C3)ccc2cn1. The third kappa shape index (κ3) is 4.87. The molecule has 0 saturated heterocycles. The van der Waals surface area contributed by atoms with Gasteiger partial charge in [0.25, 0.3) is 0 Å². The van der Waals surface area contributed by atoms with Gasteiger partial charge in [0.15, 0.2) is 0 Å². The summed E-state index contributed by atoms with van der Waals surface area (Å²) in [5.41, 5.74) is 2.83. The van der Waals surface area contributed by atoms with Crippen molar-refractivity contribution in [2.24, 2.45) is 12.1 Å². The van der Waals surface area contributed by atoms with Crippen molar-refractivity contribution in [1.29, 1.82) is 0 Å². The maximum atomic E-state index is 10.1. The van der Waals surface area contributed by atoms with Crippen LogP contribution < -0.4 is 10.1 Å². The monoisotopic (exact) mass is 485 g/mol. The van der Waals surface area contributed by atoms with Crippen molar-refractivity contribution in [3.8, 4) is 17.3 Å². The van der Waals surface area contributed by atoms with Crippen molar-refractivity contribution in [2.45, 2.75) is 32.3 Å². The molecule has 1 aliphatic rings. The first-order valence-corrected chi connectivity index (χ1v) is 11.9. The first-order chi connectivity index (χ1) is 17.2. The summed E-state index contributed by atoms with van der Waals surface area (Å²) < 4.78 is 7.57. The number of hydrogen-bond donors (Lipinski definition) is 2. The van der Waals surface area contributed by atoms with Crippen LogP contribution in [0.3, 0.4) is 0 Å². The number of aryl methyl sites for hydroxylation is 1. The van der Waals surface area contributed by atoms with E-state index in [1.807, 2.05) is 60.4 Å². The van der Waals surface area contributed by atoms with E-state index in [0.29, 0.717) is 18.2 Å². The summed E-state index contributed by atoms with van der Waals surface area (Å²) in [6.45, 7) is 6.80. The number of nitrogens with zero attached hydrogens (tertiary/aromatic N) is 6. The highest BCUT2D eigenvalue weighted by molar-refractivity contribution is 5.86. The number of fused-ring (bicyclic) bond motifs is 1. The Morgan fingerprint density at radius 2 is 1.94 bits per heavy atom. The molecule has 9 heteroatoms. The van der Waals surface area contributed by atoms with E-state index in [1.54, 1.807) is 21.0 Å². The summed E-state index contributed by atoms with van der Waals surface area (Å²) >= 11 is 0. The van der Waals surface area contributed by atoms with Gasteiger partial charge in [-0.15, -0.1) is 0 Å². The lowest BCUT2D eigenvalue weighted by molar-refractivity contribution is 0.0401. The smallest absolute Gasteiger partial charge is 0.238 e. The first-order valence-electron chi connectivity index (χ1n) is 11.9. The number of β-amino-alcohol motifs (C(OH)–C–C–N with tert-alkyl or cyclic N) is 1. The lowest BCUT2D eigenvalue weighted by Gasteiger charge is -2.24. The maximum absolute atomic E-state index is 10.1. The Kier molecular flexibility index (Phi) is 6.09. The van der Waals surface area contributed by atoms with Crippen LogP contribution in [0.15, 0.2) is 53.9 Å². The topological polar surface area (TPSA) is 101 Å². The molecule has 0 aliphatic carbocycles. The number of benzene rings is 1. The number of nitrogens with one attached hydrogen (secondary N) is 1. The van der Waals surface area contributed by atoms with E-state index < -0.39 is 5.60 Å². The Bertz CT molecular complexity index is 1440. The van der Waals surface area contributed by atoms with Gasteiger partial charge < -0.3 is 19.7 Å². The molecular formula is C27H31N7O2. The Morgan fingerprint density at radius 1 is 1.11 bits per heavy atom. The summed E-state index contributed by atoms with van der Waals surface area (Å²) in [5.74, 6) is 2.28. The van der Waals surface area contributed by atoms with Crippen LogP contribution in [0.4, 0.5) is 11.5 Å². The van der Waals surface area contributed by atoms with Crippen molar-refractivity contribution in [2.75, 3.05) is 25.5 Å². The van der Waals surface area contributed by atoms with Crippen LogP contribution in [0.1, 0.15) is 31.2 Å². The Balaban J connectivity index is 1.37. The summed E-state index contributed by atoms with van der Waals surface area (Å²) in [5, 5.41) is 22.0. The van der Waals surface area contributed by atoms with Gasteiger partial charge in [0, 0.05) is 37.3 Å². The molecule has 0 saturated carbocycles. The van der Waals surface area contributed by atoms with E-state index in [2.05, 4.69) is 43.6 Å². The molecule has 36 heavy (non-hydrogen) atoms. The summed E-state index contributed by atoms with van der Waals surface area (Å²) in [7, 11) is 3.57. The van der Waals surface area contributed by atoms with E-state index in [4.69, 9.17) is 4.74 Å². The maximum Gasteiger partial charge on any atom is 0.238 e. The van der Waals surface area contributed by atoms with Gasteiger partial charge >= 0.3 is 0 Å². The molecule has 4 heterocycles. The lowest BCUT2D eigenvalue weighted by atomic mass is 9.98. The van der Waals surface area contributed by atoms with Crippen molar-refractivity contribution in [3.05, 3.63) is 60.2 Å². The van der Waals surface area contributed by atoms with Gasteiger partial charge in [-0.3, -0.25) is 5.01 Å². The number of hydrogen-bond acceptors (Lipinski definition) is 8. The van der Waals surface area contributed by atoms with Crippen molar-refractivity contribution in [1.82, 2.24) is 24.5 Å². The molecule has 0 amide bonds.